The zero-order chi connectivity index (χ0) is 25.4. The largest absolute Gasteiger partial charge is 0.347 e. The quantitative estimate of drug-likeness (QED) is 0.322. The monoisotopic (exact) mass is 514 g/mol. The van der Waals surface area contributed by atoms with Crippen LogP contribution in [0.4, 0.5) is 11.4 Å². The van der Waals surface area contributed by atoms with E-state index in [1.807, 2.05) is 19.0 Å². The van der Waals surface area contributed by atoms with Crippen LogP contribution in [-0.4, -0.2) is 53.5 Å². The number of likely N-dealkylation sites (N-methyl/N-ethyl adjacent to an activating group) is 1. The molecule has 0 fully saturated rings. The average Bonchev–Trinajstić information content (AvgIpc) is 3.26. The predicted octanol–water partition coefficient (Wildman–Crippen LogP) is 3.96. The first-order chi connectivity index (χ1) is 16.7. The van der Waals surface area contributed by atoms with E-state index in [2.05, 4.69) is 26.1 Å². The fourth-order valence-corrected chi connectivity index (χ4v) is 3.55. The molecule has 0 spiro atoms. The number of amides is 3. The van der Waals surface area contributed by atoms with Gasteiger partial charge in [-0.05, 0) is 43.9 Å². The summed E-state index contributed by atoms with van der Waals surface area (Å²) in [5.41, 5.74) is 1.81. The van der Waals surface area contributed by atoms with E-state index in [0.29, 0.717) is 12.2 Å². The summed E-state index contributed by atoms with van der Waals surface area (Å²) in [6.45, 7) is 0.889. The van der Waals surface area contributed by atoms with Crippen molar-refractivity contribution in [3.63, 3.8) is 0 Å². The van der Waals surface area contributed by atoms with Gasteiger partial charge in [0, 0.05) is 24.9 Å². The SMILES string of the molecule is CN(C)CC=CC(=O)Nc1ccc(CNC(=O)c2[nH]ncc2NC(=O)c2c(Cl)cccc2Cl)cc1. The van der Waals surface area contributed by atoms with E-state index >= 15 is 0 Å². The predicted molar refractivity (Wildman–Crippen MR) is 137 cm³/mol. The third-order valence-electron chi connectivity index (χ3n) is 4.72. The van der Waals surface area contributed by atoms with Gasteiger partial charge in [0.2, 0.25) is 5.91 Å². The van der Waals surface area contributed by atoms with E-state index in [4.69, 9.17) is 23.2 Å². The van der Waals surface area contributed by atoms with Gasteiger partial charge in [-0.2, -0.15) is 5.10 Å². The minimum absolute atomic E-state index is 0.0786. The van der Waals surface area contributed by atoms with Gasteiger partial charge in [0.05, 0.1) is 27.5 Å². The number of anilines is 2. The van der Waals surface area contributed by atoms with Crippen molar-refractivity contribution in [3.8, 4) is 0 Å². The summed E-state index contributed by atoms with van der Waals surface area (Å²) in [6.07, 6.45) is 4.57. The molecule has 4 N–H and O–H groups in total. The van der Waals surface area contributed by atoms with E-state index in [9.17, 15) is 14.4 Å². The Hall–Kier alpha value is -3.66. The van der Waals surface area contributed by atoms with Crippen LogP contribution < -0.4 is 16.0 Å². The van der Waals surface area contributed by atoms with Crippen LogP contribution in [0.3, 0.4) is 0 Å². The summed E-state index contributed by atoms with van der Waals surface area (Å²) in [6, 6.07) is 11.8. The van der Waals surface area contributed by atoms with Crippen molar-refractivity contribution in [2.24, 2.45) is 0 Å². The van der Waals surface area contributed by atoms with Crippen LogP contribution in [-0.2, 0) is 11.3 Å². The molecule has 3 amide bonds. The Morgan fingerprint density at radius 1 is 1.00 bits per heavy atom. The Kier molecular flexibility index (Phi) is 9.02. The maximum absolute atomic E-state index is 12.7. The van der Waals surface area contributed by atoms with Crippen molar-refractivity contribution in [1.29, 1.82) is 0 Å². The fraction of sp³-hybridized carbons (Fsp3) is 0.167. The van der Waals surface area contributed by atoms with Gasteiger partial charge < -0.3 is 20.9 Å². The summed E-state index contributed by atoms with van der Waals surface area (Å²) < 4.78 is 0. The Bertz CT molecular complexity index is 1220. The molecule has 3 rings (SSSR count). The number of hydrogen-bond donors (Lipinski definition) is 4. The number of benzene rings is 2. The smallest absolute Gasteiger partial charge is 0.271 e. The Labute approximate surface area is 212 Å². The average molecular weight is 515 g/mol. The van der Waals surface area contributed by atoms with Gasteiger partial charge in [0.15, 0.2) is 0 Å². The van der Waals surface area contributed by atoms with E-state index in [0.717, 1.165) is 5.56 Å². The molecule has 0 aliphatic carbocycles. The van der Waals surface area contributed by atoms with Gasteiger partial charge in [0.1, 0.15) is 5.69 Å². The van der Waals surface area contributed by atoms with Crippen molar-refractivity contribution in [2.45, 2.75) is 6.54 Å². The number of aromatic nitrogens is 2. The van der Waals surface area contributed by atoms with E-state index in [-0.39, 0.29) is 39.4 Å². The molecule has 0 unspecified atom stereocenters. The number of aromatic amines is 1. The van der Waals surface area contributed by atoms with E-state index < -0.39 is 11.8 Å². The molecule has 0 radical (unpaired) electrons. The standard InChI is InChI=1S/C24H24Cl2N6O3/c1-32(2)12-4-7-20(33)29-16-10-8-15(9-11-16)13-27-24(35)22-19(14-28-31-22)30-23(34)21-17(25)5-3-6-18(21)26/h3-11,14H,12-13H2,1-2H3,(H,27,35)(H,28,31)(H,29,33)(H,30,34). The van der Waals surface area contributed by atoms with Gasteiger partial charge in [0.25, 0.3) is 11.8 Å². The summed E-state index contributed by atoms with van der Waals surface area (Å²) in [5.74, 6) is -1.25. The molecule has 2 aromatic carbocycles. The van der Waals surface area contributed by atoms with Gasteiger partial charge in [-0.1, -0.05) is 47.5 Å². The number of carbonyl (C=O) groups excluding carboxylic acids is 3. The summed E-state index contributed by atoms with van der Waals surface area (Å²) in [7, 11) is 3.83. The lowest BCUT2D eigenvalue weighted by molar-refractivity contribution is -0.111. The van der Waals surface area contributed by atoms with Gasteiger partial charge in [-0.25, -0.2) is 0 Å². The van der Waals surface area contributed by atoms with Crippen LogP contribution in [0.2, 0.25) is 10.0 Å². The Balaban J connectivity index is 1.56. The number of rotatable bonds is 9. The number of H-pyrrole nitrogens is 1. The molecule has 0 aliphatic heterocycles. The number of nitrogens with one attached hydrogen (secondary N) is 4. The second kappa shape index (κ2) is 12.2. The summed E-state index contributed by atoms with van der Waals surface area (Å²) in [4.78, 5) is 39.2. The molecule has 11 heteroatoms. The zero-order valence-electron chi connectivity index (χ0n) is 19.1. The lowest BCUT2D eigenvalue weighted by Crippen LogP contribution is -2.25. The van der Waals surface area contributed by atoms with E-state index in [1.54, 1.807) is 48.5 Å². The first kappa shape index (κ1) is 26.0. The van der Waals surface area contributed by atoms with Crippen molar-refractivity contribution in [2.75, 3.05) is 31.3 Å². The normalized spacial score (nSPS) is 11.0. The molecule has 1 aromatic heterocycles. The highest BCUT2D eigenvalue weighted by Crippen LogP contribution is 2.25. The third kappa shape index (κ3) is 7.41. The van der Waals surface area contributed by atoms with Gasteiger partial charge >= 0.3 is 0 Å². The van der Waals surface area contributed by atoms with Crippen LogP contribution in [0.15, 0.2) is 60.8 Å². The highest BCUT2D eigenvalue weighted by atomic mass is 35.5. The minimum Gasteiger partial charge on any atom is -0.347 e. The molecule has 1 heterocycles. The zero-order valence-corrected chi connectivity index (χ0v) is 20.6. The van der Waals surface area contributed by atoms with Crippen molar-refractivity contribution < 1.29 is 14.4 Å². The second-order valence-electron chi connectivity index (χ2n) is 7.74. The number of halogens is 2. The lowest BCUT2D eigenvalue weighted by atomic mass is 10.2. The maximum Gasteiger partial charge on any atom is 0.271 e. The topological polar surface area (TPSA) is 119 Å². The summed E-state index contributed by atoms with van der Waals surface area (Å²) in [5, 5.41) is 14.9. The van der Waals surface area contributed by atoms with Crippen LogP contribution in [0.25, 0.3) is 0 Å². The summed E-state index contributed by atoms with van der Waals surface area (Å²) >= 11 is 12.2. The first-order valence-electron chi connectivity index (χ1n) is 10.5. The molecule has 9 nitrogen and oxygen atoms in total. The van der Waals surface area contributed by atoms with Crippen molar-refractivity contribution in [3.05, 3.63) is 87.7 Å². The Morgan fingerprint density at radius 3 is 2.34 bits per heavy atom. The van der Waals surface area contributed by atoms with Crippen LogP contribution in [0, 0.1) is 0 Å². The van der Waals surface area contributed by atoms with Crippen molar-refractivity contribution in [1.82, 2.24) is 20.4 Å². The fourth-order valence-electron chi connectivity index (χ4n) is 2.98. The number of carbonyl (C=O) groups is 3. The van der Waals surface area contributed by atoms with Crippen LogP contribution in [0.5, 0.6) is 0 Å². The molecule has 0 bridgehead atoms. The molecule has 0 aliphatic rings. The second-order valence-corrected chi connectivity index (χ2v) is 8.56. The molecule has 182 valence electrons. The molecule has 0 atom stereocenters. The maximum atomic E-state index is 12.7. The third-order valence-corrected chi connectivity index (χ3v) is 5.35. The number of hydrogen-bond acceptors (Lipinski definition) is 5. The number of nitrogens with zero attached hydrogens (tertiary/aromatic N) is 2. The molecular formula is C24H24Cl2N6O3. The van der Waals surface area contributed by atoms with E-state index in [1.165, 1.54) is 12.3 Å². The minimum atomic E-state index is -0.565. The van der Waals surface area contributed by atoms with Gasteiger partial charge in [-0.15, -0.1) is 0 Å². The molecule has 0 saturated heterocycles. The Morgan fingerprint density at radius 2 is 1.69 bits per heavy atom. The molecule has 35 heavy (non-hydrogen) atoms. The van der Waals surface area contributed by atoms with Gasteiger partial charge in [-0.3, -0.25) is 19.5 Å². The molecular weight excluding hydrogens is 491 g/mol. The van der Waals surface area contributed by atoms with Crippen LogP contribution >= 0.6 is 23.2 Å². The highest BCUT2D eigenvalue weighted by Gasteiger charge is 2.19. The molecule has 3 aromatic rings. The van der Waals surface area contributed by atoms with Crippen molar-refractivity contribution >= 4 is 52.3 Å². The lowest BCUT2D eigenvalue weighted by Gasteiger charge is -2.09. The first-order valence-corrected chi connectivity index (χ1v) is 11.3. The highest BCUT2D eigenvalue weighted by molar-refractivity contribution is 6.40. The molecule has 0 saturated carbocycles. The van der Waals surface area contributed by atoms with Crippen LogP contribution in [0.1, 0.15) is 26.4 Å².